The highest BCUT2D eigenvalue weighted by Crippen LogP contribution is 2.29. The number of carbonyl (C=O) groups is 2. The highest BCUT2D eigenvalue weighted by atomic mass is 16.5. The molecule has 2 amide bonds. The number of piperazine rings is 1. The summed E-state index contributed by atoms with van der Waals surface area (Å²) in [4.78, 5) is 32.8. The molecular weight excluding hydrogens is 382 g/mol. The molecule has 2 aromatic rings. The van der Waals surface area contributed by atoms with Gasteiger partial charge < -0.3 is 25.2 Å². The van der Waals surface area contributed by atoms with Crippen molar-refractivity contribution in [2.75, 3.05) is 43.1 Å². The first kappa shape index (κ1) is 20.0. The zero-order valence-electron chi connectivity index (χ0n) is 17.1. The molecule has 0 aliphatic carbocycles. The lowest BCUT2D eigenvalue weighted by Gasteiger charge is -2.37. The summed E-state index contributed by atoms with van der Waals surface area (Å²) in [5.41, 5.74) is 2.08. The minimum absolute atomic E-state index is 0.0647. The zero-order valence-corrected chi connectivity index (χ0v) is 17.1. The van der Waals surface area contributed by atoms with Crippen LogP contribution in [0.4, 0.5) is 11.5 Å². The number of methoxy groups -OCH3 is 1. The maximum Gasteiger partial charge on any atom is 0.242 e. The molecule has 158 valence electrons. The van der Waals surface area contributed by atoms with Crippen molar-refractivity contribution in [1.29, 1.82) is 0 Å². The smallest absolute Gasteiger partial charge is 0.242 e. The van der Waals surface area contributed by atoms with E-state index in [9.17, 15) is 9.59 Å². The van der Waals surface area contributed by atoms with Crippen molar-refractivity contribution in [3.8, 4) is 5.75 Å². The second-order valence-corrected chi connectivity index (χ2v) is 7.51. The highest BCUT2D eigenvalue weighted by Gasteiger charge is 2.27. The fraction of sp³-hybridized carbons (Fsp3) is 0.409. The van der Waals surface area contributed by atoms with Crippen molar-refractivity contribution in [2.45, 2.75) is 25.4 Å². The van der Waals surface area contributed by atoms with Crippen LogP contribution in [0.3, 0.4) is 0 Å². The molecule has 1 aromatic heterocycles. The predicted molar refractivity (Wildman–Crippen MR) is 115 cm³/mol. The fourth-order valence-corrected chi connectivity index (χ4v) is 4.02. The van der Waals surface area contributed by atoms with E-state index in [1.165, 1.54) is 0 Å². The molecular formula is C22H27N5O3. The Labute approximate surface area is 176 Å². The first-order valence-corrected chi connectivity index (χ1v) is 10.3. The van der Waals surface area contributed by atoms with Gasteiger partial charge in [0.1, 0.15) is 17.6 Å². The molecule has 0 saturated carbocycles. The number of para-hydroxylation sites is 2. The van der Waals surface area contributed by atoms with Crippen LogP contribution in [0.1, 0.15) is 18.4 Å². The van der Waals surface area contributed by atoms with Crippen LogP contribution in [-0.2, 0) is 16.1 Å². The number of nitrogens with zero attached hydrogens (tertiary/aromatic N) is 3. The molecule has 8 nitrogen and oxygen atoms in total. The van der Waals surface area contributed by atoms with Crippen molar-refractivity contribution < 1.29 is 14.3 Å². The molecule has 2 fully saturated rings. The van der Waals surface area contributed by atoms with Crippen molar-refractivity contribution >= 4 is 23.3 Å². The van der Waals surface area contributed by atoms with Crippen LogP contribution >= 0.6 is 0 Å². The summed E-state index contributed by atoms with van der Waals surface area (Å²) in [5, 5.41) is 5.65. The number of aromatic nitrogens is 1. The molecule has 1 unspecified atom stereocenters. The molecule has 0 bridgehead atoms. The topological polar surface area (TPSA) is 86.8 Å². The minimum Gasteiger partial charge on any atom is -0.495 e. The molecule has 4 rings (SSSR count). The van der Waals surface area contributed by atoms with Gasteiger partial charge >= 0.3 is 0 Å². The van der Waals surface area contributed by atoms with Crippen molar-refractivity contribution in [1.82, 2.24) is 15.6 Å². The molecule has 2 aliphatic heterocycles. The summed E-state index contributed by atoms with van der Waals surface area (Å²) >= 11 is 0. The van der Waals surface area contributed by atoms with Crippen LogP contribution < -0.4 is 25.2 Å². The summed E-state index contributed by atoms with van der Waals surface area (Å²) in [5.74, 6) is 1.57. The van der Waals surface area contributed by atoms with Gasteiger partial charge in [0.25, 0.3) is 0 Å². The molecule has 2 aliphatic rings. The zero-order chi connectivity index (χ0) is 20.9. The summed E-state index contributed by atoms with van der Waals surface area (Å²) in [6, 6.07) is 11.5. The molecule has 0 radical (unpaired) electrons. The Balaban J connectivity index is 1.38. The number of carbonyl (C=O) groups excluding carboxylic acids is 2. The third kappa shape index (κ3) is 4.32. The molecule has 2 saturated heterocycles. The van der Waals surface area contributed by atoms with E-state index < -0.39 is 6.04 Å². The Hall–Kier alpha value is -3.29. The largest absolute Gasteiger partial charge is 0.495 e. The summed E-state index contributed by atoms with van der Waals surface area (Å²) in [6.07, 6.45) is 2.74. The van der Waals surface area contributed by atoms with Gasteiger partial charge in [-0.25, -0.2) is 4.98 Å². The number of hydrogen-bond acceptors (Lipinski definition) is 6. The SMILES string of the molecule is COc1ccccc1N1CCN(c2ncccc2CNC(=O)C2CCC(=O)N2)CC1. The van der Waals surface area contributed by atoms with Crippen molar-refractivity contribution in [2.24, 2.45) is 0 Å². The Morgan fingerprint density at radius 1 is 1.17 bits per heavy atom. The van der Waals surface area contributed by atoms with Gasteiger partial charge in [-0.15, -0.1) is 0 Å². The van der Waals surface area contributed by atoms with Crippen LogP contribution in [0, 0.1) is 0 Å². The Kier molecular flexibility index (Phi) is 6.02. The van der Waals surface area contributed by atoms with E-state index in [4.69, 9.17) is 4.74 Å². The number of benzene rings is 1. The van der Waals surface area contributed by atoms with Gasteiger partial charge in [0.15, 0.2) is 0 Å². The maximum atomic E-state index is 12.3. The lowest BCUT2D eigenvalue weighted by molar-refractivity contribution is -0.125. The number of anilines is 2. The van der Waals surface area contributed by atoms with Gasteiger partial charge in [-0.05, 0) is 24.6 Å². The van der Waals surface area contributed by atoms with E-state index in [2.05, 4.69) is 31.5 Å². The van der Waals surface area contributed by atoms with Gasteiger partial charge in [-0.3, -0.25) is 9.59 Å². The Bertz CT molecular complexity index is 911. The van der Waals surface area contributed by atoms with Gasteiger partial charge in [0.2, 0.25) is 11.8 Å². The average molecular weight is 409 g/mol. The quantitative estimate of drug-likeness (QED) is 0.748. The van der Waals surface area contributed by atoms with Gasteiger partial charge in [-0.1, -0.05) is 18.2 Å². The van der Waals surface area contributed by atoms with E-state index in [-0.39, 0.29) is 11.8 Å². The van der Waals surface area contributed by atoms with E-state index in [1.807, 2.05) is 30.3 Å². The number of nitrogens with one attached hydrogen (secondary N) is 2. The Morgan fingerprint density at radius 3 is 2.67 bits per heavy atom. The molecule has 1 aromatic carbocycles. The number of ether oxygens (including phenoxy) is 1. The van der Waals surface area contributed by atoms with E-state index in [1.54, 1.807) is 13.3 Å². The summed E-state index contributed by atoms with van der Waals surface area (Å²) in [7, 11) is 1.69. The number of rotatable bonds is 6. The number of amides is 2. The fourth-order valence-electron chi connectivity index (χ4n) is 4.02. The predicted octanol–water partition coefficient (Wildman–Crippen LogP) is 1.31. The van der Waals surface area contributed by atoms with E-state index in [0.29, 0.717) is 19.4 Å². The van der Waals surface area contributed by atoms with Gasteiger partial charge in [0, 0.05) is 50.9 Å². The second-order valence-electron chi connectivity index (χ2n) is 7.51. The van der Waals surface area contributed by atoms with Crippen LogP contribution in [-0.4, -0.2) is 56.1 Å². The third-order valence-electron chi connectivity index (χ3n) is 5.64. The first-order chi connectivity index (χ1) is 14.7. The Morgan fingerprint density at radius 2 is 1.93 bits per heavy atom. The number of hydrogen-bond donors (Lipinski definition) is 2. The molecule has 30 heavy (non-hydrogen) atoms. The van der Waals surface area contributed by atoms with E-state index >= 15 is 0 Å². The van der Waals surface area contributed by atoms with Gasteiger partial charge in [-0.2, -0.15) is 0 Å². The van der Waals surface area contributed by atoms with Crippen molar-refractivity contribution in [3.63, 3.8) is 0 Å². The second kappa shape index (κ2) is 9.02. The summed E-state index contributed by atoms with van der Waals surface area (Å²) < 4.78 is 5.50. The molecule has 3 heterocycles. The first-order valence-electron chi connectivity index (χ1n) is 10.3. The lowest BCUT2D eigenvalue weighted by Crippen LogP contribution is -2.47. The molecule has 8 heteroatoms. The molecule has 2 N–H and O–H groups in total. The minimum atomic E-state index is -0.429. The maximum absolute atomic E-state index is 12.3. The van der Waals surface area contributed by atoms with E-state index in [0.717, 1.165) is 49.0 Å². The van der Waals surface area contributed by atoms with Crippen LogP contribution in [0.25, 0.3) is 0 Å². The standard InChI is InChI=1S/C22H27N5O3/c1-30-19-7-3-2-6-18(19)26-11-13-27(14-12-26)21-16(5-4-10-23-21)15-24-22(29)17-8-9-20(28)25-17/h2-7,10,17H,8-9,11-15H2,1H3,(H,24,29)(H,25,28). The van der Waals surface area contributed by atoms with Crippen LogP contribution in [0.5, 0.6) is 5.75 Å². The monoisotopic (exact) mass is 409 g/mol. The highest BCUT2D eigenvalue weighted by molar-refractivity contribution is 5.90. The average Bonchev–Trinajstić information content (AvgIpc) is 3.24. The molecule has 0 spiro atoms. The molecule has 1 atom stereocenters. The van der Waals surface area contributed by atoms with Crippen LogP contribution in [0.15, 0.2) is 42.6 Å². The number of pyridine rings is 1. The summed E-state index contributed by atoms with van der Waals surface area (Å²) in [6.45, 7) is 3.76. The normalized spacial score (nSPS) is 18.8. The van der Waals surface area contributed by atoms with Gasteiger partial charge in [0.05, 0.1) is 12.8 Å². The van der Waals surface area contributed by atoms with Crippen molar-refractivity contribution in [3.05, 3.63) is 48.2 Å². The third-order valence-corrected chi connectivity index (χ3v) is 5.64. The lowest BCUT2D eigenvalue weighted by atomic mass is 10.1. The van der Waals surface area contributed by atoms with Crippen LogP contribution in [0.2, 0.25) is 0 Å².